The van der Waals surface area contributed by atoms with Gasteiger partial charge in [-0.05, 0) is 12.1 Å². The monoisotopic (exact) mass is 215 g/mol. The van der Waals surface area contributed by atoms with Gasteiger partial charge in [-0.3, -0.25) is 4.21 Å². The second-order valence-corrected chi connectivity index (χ2v) is 4.90. The molecule has 3 rings (SSSR count). The molecule has 0 saturated carbocycles. The zero-order valence-corrected chi connectivity index (χ0v) is 8.83. The molecule has 74 valence electrons. The van der Waals surface area contributed by atoms with Crippen molar-refractivity contribution in [2.24, 2.45) is 0 Å². The van der Waals surface area contributed by atoms with Crippen LogP contribution in [0.5, 0.6) is 0 Å². The van der Waals surface area contributed by atoms with Gasteiger partial charge in [0.25, 0.3) is 0 Å². The van der Waals surface area contributed by atoms with Crippen LogP contribution in [0, 0.1) is 0 Å². The molecular formula is C12H9NOS. The van der Waals surface area contributed by atoms with E-state index in [1.807, 2.05) is 42.5 Å². The number of aromatic nitrogens is 1. The van der Waals surface area contributed by atoms with Gasteiger partial charge in [0, 0.05) is 16.7 Å². The molecule has 1 aliphatic heterocycles. The lowest BCUT2D eigenvalue weighted by molar-refractivity contribution is 0.682. The van der Waals surface area contributed by atoms with Crippen molar-refractivity contribution in [3.63, 3.8) is 0 Å². The van der Waals surface area contributed by atoms with Crippen molar-refractivity contribution in [1.29, 1.82) is 0 Å². The molecule has 1 unspecified atom stereocenters. The molecule has 0 bridgehead atoms. The molecule has 0 amide bonds. The standard InChI is InChI=1S/C12H9NOS/c14-15-7-3-5-10-8-9-4-1-2-6-11(9)13-12(10)15/h1-6,8H,7H2. The predicted octanol–water partition coefficient (Wildman–Crippen LogP) is 2.37. The van der Waals surface area contributed by atoms with Crippen LogP contribution in [-0.2, 0) is 10.8 Å². The highest BCUT2D eigenvalue weighted by molar-refractivity contribution is 7.85. The molecule has 0 radical (unpaired) electrons. The number of hydrogen-bond donors (Lipinski definition) is 0. The molecule has 0 saturated heterocycles. The first kappa shape index (κ1) is 8.80. The van der Waals surface area contributed by atoms with Crippen molar-refractivity contribution in [3.8, 4) is 0 Å². The van der Waals surface area contributed by atoms with E-state index in [0.29, 0.717) is 5.75 Å². The first-order chi connectivity index (χ1) is 7.34. The van der Waals surface area contributed by atoms with E-state index in [1.165, 1.54) is 0 Å². The zero-order valence-electron chi connectivity index (χ0n) is 8.01. The van der Waals surface area contributed by atoms with Crippen molar-refractivity contribution in [1.82, 2.24) is 4.98 Å². The van der Waals surface area contributed by atoms with Gasteiger partial charge in [-0.15, -0.1) is 0 Å². The maximum absolute atomic E-state index is 11.7. The number of pyridine rings is 1. The lowest BCUT2D eigenvalue weighted by atomic mass is 10.1. The molecule has 0 aliphatic carbocycles. The van der Waals surface area contributed by atoms with Crippen molar-refractivity contribution >= 4 is 27.8 Å². The molecule has 0 N–H and O–H groups in total. The number of fused-ring (bicyclic) bond motifs is 2. The Hall–Kier alpha value is -1.48. The summed E-state index contributed by atoms with van der Waals surface area (Å²) in [5.41, 5.74) is 1.90. The first-order valence-electron chi connectivity index (χ1n) is 4.79. The average molecular weight is 215 g/mol. The Balaban J connectivity index is 2.38. The molecule has 1 atom stereocenters. The van der Waals surface area contributed by atoms with E-state index in [4.69, 9.17) is 0 Å². The normalized spacial score (nSPS) is 19.1. The molecule has 1 aliphatic rings. The van der Waals surface area contributed by atoms with Crippen LogP contribution in [0.4, 0.5) is 0 Å². The van der Waals surface area contributed by atoms with Gasteiger partial charge < -0.3 is 0 Å². The Kier molecular flexibility index (Phi) is 1.92. The molecule has 1 aromatic carbocycles. The van der Waals surface area contributed by atoms with E-state index in [0.717, 1.165) is 21.5 Å². The van der Waals surface area contributed by atoms with Crippen LogP contribution in [0.25, 0.3) is 17.0 Å². The van der Waals surface area contributed by atoms with Gasteiger partial charge in [0.15, 0.2) is 0 Å². The van der Waals surface area contributed by atoms with Crippen LogP contribution < -0.4 is 0 Å². The van der Waals surface area contributed by atoms with Crippen molar-refractivity contribution in [3.05, 3.63) is 42.0 Å². The molecule has 0 spiro atoms. The van der Waals surface area contributed by atoms with E-state index in [9.17, 15) is 4.21 Å². The van der Waals surface area contributed by atoms with Crippen LogP contribution in [-0.4, -0.2) is 14.9 Å². The summed E-state index contributed by atoms with van der Waals surface area (Å²) in [4.78, 5) is 4.45. The van der Waals surface area contributed by atoms with Crippen LogP contribution >= 0.6 is 0 Å². The maximum atomic E-state index is 11.7. The summed E-state index contributed by atoms with van der Waals surface area (Å²) < 4.78 is 11.7. The summed E-state index contributed by atoms with van der Waals surface area (Å²) in [6.07, 6.45) is 3.94. The number of rotatable bonds is 0. The highest BCUT2D eigenvalue weighted by atomic mass is 32.2. The third kappa shape index (κ3) is 1.39. The fraction of sp³-hybridized carbons (Fsp3) is 0.0833. The minimum absolute atomic E-state index is 0.582. The van der Waals surface area contributed by atoms with Gasteiger partial charge in [0.2, 0.25) is 0 Å². The molecule has 3 heteroatoms. The summed E-state index contributed by atoms with van der Waals surface area (Å²) >= 11 is 0. The SMILES string of the molecule is O=S1CC=Cc2cc3ccccc3nc21. The second-order valence-electron chi connectivity index (χ2n) is 3.49. The highest BCUT2D eigenvalue weighted by Crippen LogP contribution is 2.23. The van der Waals surface area contributed by atoms with E-state index < -0.39 is 10.8 Å². The molecule has 2 heterocycles. The van der Waals surface area contributed by atoms with Crippen LogP contribution in [0.2, 0.25) is 0 Å². The largest absolute Gasteiger partial charge is 0.252 e. The van der Waals surface area contributed by atoms with E-state index in [2.05, 4.69) is 4.98 Å². The molecule has 15 heavy (non-hydrogen) atoms. The Morgan fingerprint density at radius 3 is 3.07 bits per heavy atom. The summed E-state index contributed by atoms with van der Waals surface area (Å²) in [7, 11) is -0.969. The summed E-state index contributed by atoms with van der Waals surface area (Å²) in [6, 6.07) is 9.95. The maximum Gasteiger partial charge on any atom is 0.135 e. The number of hydrogen-bond acceptors (Lipinski definition) is 2. The van der Waals surface area contributed by atoms with Crippen LogP contribution in [0.15, 0.2) is 41.4 Å². The number of benzene rings is 1. The smallest absolute Gasteiger partial charge is 0.135 e. The second kappa shape index (κ2) is 3.28. The molecular weight excluding hydrogens is 206 g/mol. The third-order valence-electron chi connectivity index (χ3n) is 2.48. The minimum Gasteiger partial charge on any atom is -0.252 e. The first-order valence-corrected chi connectivity index (χ1v) is 6.11. The fourth-order valence-electron chi connectivity index (χ4n) is 1.76. The highest BCUT2D eigenvalue weighted by Gasteiger charge is 2.13. The molecule has 1 aromatic heterocycles. The topological polar surface area (TPSA) is 30.0 Å². The molecule has 0 fully saturated rings. The Bertz CT molecular complexity index is 589. The van der Waals surface area contributed by atoms with Gasteiger partial charge in [0.1, 0.15) is 5.03 Å². The lowest BCUT2D eigenvalue weighted by Crippen LogP contribution is -2.05. The molecule has 2 nitrogen and oxygen atoms in total. The third-order valence-corrected chi connectivity index (χ3v) is 3.73. The van der Waals surface area contributed by atoms with Crippen molar-refractivity contribution < 1.29 is 4.21 Å². The number of nitrogens with zero attached hydrogens (tertiary/aromatic N) is 1. The van der Waals surface area contributed by atoms with Crippen molar-refractivity contribution in [2.75, 3.05) is 5.75 Å². The summed E-state index contributed by atoms with van der Waals surface area (Å²) in [5.74, 6) is 0.582. The zero-order chi connectivity index (χ0) is 10.3. The van der Waals surface area contributed by atoms with Crippen molar-refractivity contribution in [2.45, 2.75) is 5.03 Å². The average Bonchev–Trinajstić information content (AvgIpc) is 2.27. The summed E-state index contributed by atoms with van der Waals surface area (Å²) in [5, 5.41) is 1.82. The van der Waals surface area contributed by atoms with E-state index in [1.54, 1.807) is 0 Å². The van der Waals surface area contributed by atoms with Crippen LogP contribution in [0.3, 0.4) is 0 Å². The predicted molar refractivity (Wildman–Crippen MR) is 62.1 cm³/mol. The fourth-order valence-corrected chi connectivity index (χ4v) is 2.78. The Morgan fingerprint density at radius 2 is 2.13 bits per heavy atom. The van der Waals surface area contributed by atoms with Crippen LogP contribution in [0.1, 0.15) is 5.56 Å². The van der Waals surface area contributed by atoms with E-state index in [-0.39, 0.29) is 0 Å². The van der Waals surface area contributed by atoms with Gasteiger partial charge >= 0.3 is 0 Å². The van der Waals surface area contributed by atoms with E-state index >= 15 is 0 Å². The van der Waals surface area contributed by atoms with Gasteiger partial charge in [0.05, 0.1) is 16.3 Å². The minimum atomic E-state index is -0.969. The quantitative estimate of drug-likeness (QED) is 0.675. The van der Waals surface area contributed by atoms with Gasteiger partial charge in [-0.25, -0.2) is 4.98 Å². The van der Waals surface area contributed by atoms with Gasteiger partial charge in [-0.2, -0.15) is 0 Å². The summed E-state index contributed by atoms with van der Waals surface area (Å²) in [6.45, 7) is 0. The molecule has 2 aromatic rings. The lowest BCUT2D eigenvalue weighted by Gasteiger charge is -2.09. The number of para-hydroxylation sites is 1. The van der Waals surface area contributed by atoms with Gasteiger partial charge in [-0.1, -0.05) is 30.4 Å². The Labute approximate surface area is 90.1 Å². The Morgan fingerprint density at radius 1 is 1.27 bits per heavy atom.